The highest BCUT2D eigenvalue weighted by atomic mass is 16.4. The lowest BCUT2D eigenvalue weighted by molar-refractivity contribution is -0.313. The Morgan fingerprint density at radius 3 is 1.81 bits per heavy atom. The Balaban J connectivity index is 1.33. The number of hydrogen-bond acceptors (Lipinski definition) is 5. The van der Waals surface area contributed by atoms with Gasteiger partial charge in [0.15, 0.2) is 0 Å². The van der Waals surface area contributed by atoms with Gasteiger partial charge in [0.2, 0.25) is 5.91 Å². The second-order valence-electron chi connectivity index (χ2n) is 8.32. The maximum absolute atomic E-state index is 12.6. The molecule has 2 aliphatic rings. The Labute approximate surface area is 183 Å². The van der Waals surface area contributed by atoms with E-state index < -0.39 is 17.8 Å². The number of carboxylic acids is 1. The molecule has 2 atom stereocenters. The number of benzene rings is 2. The third-order valence-electron chi connectivity index (χ3n) is 6.25. The molecule has 6 heteroatoms. The fourth-order valence-corrected chi connectivity index (χ4v) is 4.33. The predicted molar refractivity (Wildman–Crippen MR) is 121 cm³/mol. The first-order valence-electron chi connectivity index (χ1n) is 10.8. The van der Waals surface area contributed by atoms with E-state index in [0.717, 1.165) is 31.9 Å². The van der Waals surface area contributed by atoms with Crippen molar-refractivity contribution in [1.82, 2.24) is 0 Å². The number of aryl methyl sites for hydroxylation is 1. The van der Waals surface area contributed by atoms with Gasteiger partial charge in [-0.25, -0.2) is 0 Å². The number of carbonyl (C=O) groups is 2. The van der Waals surface area contributed by atoms with Crippen molar-refractivity contribution < 1.29 is 14.7 Å². The summed E-state index contributed by atoms with van der Waals surface area (Å²) in [5.41, 5.74) is 4.33. The highest BCUT2D eigenvalue weighted by Gasteiger charge is 2.29. The van der Waals surface area contributed by atoms with E-state index in [0.29, 0.717) is 18.5 Å². The van der Waals surface area contributed by atoms with Crippen molar-refractivity contribution in [2.24, 2.45) is 11.8 Å². The summed E-state index contributed by atoms with van der Waals surface area (Å²) in [6.07, 6.45) is 4.43. The normalized spacial score (nSPS) is 21.1. The molecule has 2 aromatic rings. The standard InChI is InChI=1S/C25H29N3O3/c1-18-6-10-20(11-7-18)27-14-16-28(17-15-27)21-12-8-19(9-13-21)26-24(29)22-4-2-3-5-23(22)25(30)31/h2-3,6-13,22-23H,4-5,14-17H2,1H3,(H,26,29)(H,30,31)/p-1/t22-,23-/m0/s1. The Bertz CT molecular complexity index is 945. The van der Waals surface area contributed by atoms with E-state index >= 15 is 0 Å². The molecule has 1 amide bonds. The van der Waals surface area contributed by atoms with Crippen molar-refractivity contribution >= 4 is 28.9 Å². The molecule has 1 heterocycles. The van der Waals surface area contributed by atoms with Gasteiger partial charge in [0.25, 0.3) is 0 Å². The lowest BCUT2D eigenvalue weighted by Gasteiger charge is -2.37. The summed E-state index contributed by atoms with van der Waals surface area (Å²) in [5, 5.41) is 14.2. The Morgan fingerprint density at radius 1 is 0.806 bits per heavy atom. The molecular weight excluding hydrogens is 390 g/mol. The number of carboxylic acid groups (broad SMARTS) is 1. The van der Waals surface area contributed by atoms with Crippen molar-refractivity contribution in [3.63, 3.8) is 0 Å². The number of nitrogens with zero attached hydrogens (tertiary/aromatic N) is 2. The zero-order valence-corrected chi connectivity index (χ0v) is 17.8. The topological polar surface area (TPSA) is 75.7 Å². The van der Waals surface area contributed by atoms with Crippen molar-refractivity contribution in [3.8, 4) is 0 Å². The van der Waals surface area contributed by atoms with Gasteiger partial charge in [-0.1, -0.05) is 29.8 Å². The third-order valence-corrected chi connectivity index (χ3v) is 6.25. The summed E-state index contributed by atoms with van der Waals surface area (Å²) in [6.45, 7) is 5.88. The van der Waals surface area contributed by atoms with Crippen LogP contribution in [-0.4, -0.2) is 38.1 Å². The number of aliphatic carboxylic acids is 1. The number of anilines is 3. The summed E-state index contributed by atoms with van der Waals surface area (Å²) in [4.78, 5) is 28.7. The molecule has 0 unspecified atom stereocenters. The second-order valence-corrected chi connectivity index (χ2v) is 8.32. The van der Waals surface area contributed by atoms with E-state index in [4.69, 9.17) is 0 Å². The fourth-order valence-electron chi connectivity index (χ4n) is 4.33. The van der Waals surface area contributed by atoms with Crippen LogP contribution in [-0.2, 0) is 9.59 Å². The largest absolute Gasteiger partial charge is 0.550 e. The summed E-state index contributed by atoms with van der Waals surface area (Å²) < 4.78 is 0. The number of hydrogen-bond donors (Lipinski definition) is 1. The first kappa shape index (κ1) is 21.0. The minimum Gasteiger partial charge on any atom is -0.550 e. The van der Waals surface area contributed by atoms with Crippen LogP contribution in [0.4, 0.5) is 17.1 Å². The third kappa shape index (κ3) is 4.90. The number of amides is 1. The van der Waals surface area contributed by atoms with Crippen LogP contribution in [0.1, 0.15) is 18.4 Å². The zero-order valence-electron chi connectivity index (χ0n) is 17.8. The van der Waals surface area contributed by atoms with Gasteiger partial charge in [-0.2, -0.15) is 0 Å². The van der Waals surface area contributed by atoms with Gasteiger partial charge in [-0.05, 0) is 56.2 Å². The van der Waals surface area contributed by atoms with Crippen LogP contribution >= 0.6 is 0 Å². The van der Waals surface area contributed by atoms with Gasteiger partial charge >= 0.3 is 0 Å². The monoisotopic (exact) mass is 418 g/mol. The first-order chi connectivity index (χ1) is 15.0. The fraction of sp³-hybridized carbons (Fsp3) is 0.360. The van der Waals surface area contributed by atoms with Crippen LogP contribution < -0.4 is 20.2 Å². The van der Waals surface area contributed by atoms with Crippen LogP contribution in [0.25, 0.3) is 0 Å². The Morgan fingerprint density at radius 2 is 1.29 bits per heavy atom. The molecule has 31 heavy (non-hydrogen) atoms. The lowest BCUT2D eigenvalue weighted by Crippen LogP contribution is -2.46. The van der Waals surface area contributed by atoms with Gasteiger partial charge in [-0.3, -0.25) is 4.79 Å². The molecule has 4 rings (SSSR count). The van der Waals surface area contributed by atoms with Crippen molar-refractivity contribution in [2.75, 3.05) is 41.3 Å². The minimum absolute atomic E-state index is 0.266. The molecule has 162 valence electrons. The van der Waals surface area contributed by atoms with E-state index in [1.165, 1.54) is 11.3 Å². The molecule has 0 radical (unpaired) electrons. The van der Waals surface area contributed by atoms with E-state index in [2.05, 4.69) is 46.3 Å². The van der Waals surface area contributed by atoms with Crippen LogP contribution in [0.2, 0.25) is 0 Å². The van der Waals surface area contributed by atoms with E-state index in [9.17, 15) is 14.7 Å². The van der Waals surface area contributed by atoms with Crippen molar-refractivity contribution in [1.29, 1.82) is 0 Å². The average molecular weight is 419 g/mol. The predicted octanol–water partition coefficient (Wildman–Crippen LogP) is 2.59. The number of rotatable bonds is 5. The molecule has 1 aliphatic heterocycles. The van der Waals surface area contributed by atoms with Gasteiger partial charge in [0.1, 0.15) is 0 Å². The van der Waals surface area contributed by atoms with E-state index in [-0.39, 0.29) is 5.91 Å². The Hall–Kier alpha value is -3.28. The summed E-state index contributed by atoms with van der Waals surface area (Å²) in [5.74, 6) is -2.79. The quantitative estimate of drug-likeness (QED) is 0.756. The molecule has 0 aromatic heterocycles. The molecule has 1 aliphatic carbocycles. The number of nitrogens with one attached hydrogen (secondary N) is 1. The number of allylic oxidation sites excluding steroid dienone is 2. The van der Waals surface area contributed by atoms with Crippen LogP contribution in [0.3, 0.4) is 0 Å². The highest BCUT2D eigenvalue weighted by Crippen LogP contribution is 2.27. The maximum atomic E-state index is 12.6. The van der Waals surface area contributed by atoms with E-state index in [1.54, 1.807) is 6.08 Å². The molecule has 1 N–H and O–H groups in total. The van der Waals surface area contributed by atoms with Gasteiger partial charge < -0.3 is 25.0 Å². The summed E-state index contributed by atoms with van der Waals surface area (Å²) in [6, 6.07) is 16.4. The molecule has 6 nitrogen and oxygen atoms in total. The molecular formula is C25H28N3O3-. The molecule has 1 saturated heterocycles. The molecule has 0 saturated carbocycles. The van der Waals surface area contributed by atoms with Crippen LogP contribution in [0.5, 0.6) is 0 Å². The van der Waals surface area contributed by atoms with Crippen molar-refractivity contribution in [3.05, 3.63) is 66.2 Å². The zero-order chi connectivity index (χ0) is 21.8. The Kier molecular flexibility index (Phi) is 6.26. The summed E-state index contributed by atoms with van der Waals surface area (Å²) >= 11 is 0. The highest BCUT2D eigenvalue weighted by molar-refractivity contribution is 5.95. The van der Waals surface area contributed by atoms with E-state index in [1.807, 2.05) is 30.3 Å². The van der Waals surface area contributed by atoms with Crippen molar-refractivity contribution in [2.45, 2.75) is 19.8 Å². The molecule has 0 bridgehead atoms. The summed E-state index contributed by atoms with van der Waals surface area (Å²) in [7, 11) is 0. The number of carbonyl (C=O) groups excluding carboxylic acids is 2. The first-order valence-corrected chi connectivity index (χ1v) is 10.8. The van der Waals surface area contributed by atoms with Gasteiger partial charge in [0, 0.05) is 55.1 Å². The smallest absolute Gasteiger partial charge is 0.228 e. The van der Waals surface area contributed by atoms with Gasteiger partial charge in [-0.15, -0.1) is 0 Å². The maximum Gasteiger partial charge on any atom is 0.228 e. The average Bonchev–Trinajstić information content (AvgIpc) is 2.80. The second kappa shape index (κ2) is 9.25. The molecule has 2 aromatic carbocycles. The molecule has 1 fully saturated rings. The van der Waals surface area contributed by atoms with Crippen LogP contribution in [0.15, 0.2) is 60.7 Å². The SMILES string of the molecule is Cc1ccc(N2CCN(c3ccc(NC(=O)[C@H]4CC=CC[C@@H]4C(=O)[O-])cc3)CC2)cc1. The van der Waals surface area contributed by atoms with Gasteiger partial charge in [0.05, 0.1) is 5.92 Å². The minimum atomic E-state index is -1.16. The lowest BCUT2D eigenvalue weighted by atomic mass is 9.82. The van der Waals surface area contributed by atoms with Crippen LogP contribution in [0, 0.1) is 18.8 Å². The molecule has 0 spiro atoms. The number of piperazine rings is 1.